The zero-order valence-electron chi connectivity index (χ0n) is 11.8. The van der Waals surface area contributed by atoms with Crippen molar-refractivity contribution < 1.29 is 4.79 Å². The Hall–Kier alpha value is -1.88. The number of benzene rings is 1. The van der Waals surface area contributed by atoms with Gasteiger partial charge >= 0.3 is 0 Å². The summed E-state index contributed by atoms with van der Waals surface area (Å²) in [4.78, 5) is 16.7. The van der Waals surface area contributed by atoms with E-state index in [1.165, 1.54) is 29.7 Å². The first-order valence-electron chi connectivity index (χ1n) is 7.25. The zero-order valence-corrected chi connectivity index (χ0v) is 12.7. The van der Waals surface area contributed by atoms with E-state index < -0.39 is 0 Å². The molecule has 1 aliphatic carbocycles. The van der Waals surface area contributed by atoms with Crippen LogP contribution in [0.5, 0.6) is 0 Å². The molecule has 5 heteroatoms. The normalized spacial score (nSPS) is 16.8. The van der Waals surface area contributed by atoms with Gasteiger partial charge < -0.3 is 11.1 Å². The van der Waals surface area contributed by atoms with E-state index in [0.29, 0.717) is 16.6 Å². The lowest BCUT2D eigenvalue weighted by Gasteiger charge is -2.29. The Kier molecular flexibility index (Phi) is 3.92. The molecule has 0 bridgehead atoms. The molecule has 0 unspecified atom stereocenters. The zero-order chi connectivity index (χ0) is 14.7. The number of carbonyl (C=O) groups excluding carboxylic acids is 1. The smallest absolute Gasteiger partial charge is 0.263 e. The third kappa shape index (κ3) is 2.93. The van der Waals surface area contributed by atoms with E-state index in [1.807, 2.05) is 6.07 Å². The van der Waals surface area contributed by atoms with Crippen molar-refractivity contribution in [2.45, 2.75) is 31.1 Å². The highest BCUT2D eigenvalue weighted by molar-refractivity contribution is 7.17. The fourth-order valence-electron chi connectivity index (χ4n) is 3.14. The number of nitrogens with one attached hydrogen (secondary N) is 1. The maximum atomic E-state index is 12.2. The van der Waals surface area contributed by atoms with Crippen molar-refractivity contribution in [1.29, 1.82) is 0 Å². The molecule has 21 heavy (non-hydrogen) atoms. The number of aromatic nitrogens is 1. The summed E-state index contributed by atoms with van der Waals surface area (Å²) in [6, 6.07) is 10.5. The number of anilines is 1. The van der Waals surface area contributed by atoms with Gasteiger partial charge in [-0.05, 0) is 18.4 Å². The lowest BCUT2D eigenvalue weighted by atomic mass is 9.79. The third-order valence-electron chi connectivity index (χ3n) is 4.28. The maximum absolute atomic E-state index is 12.2. The largest absolute Gasteiger partial charge is 0.375 e. The number of nitrogens with zero attached hydrogens (tertiary/aromatic N) is 1. The van der Waals surface area contributed by atoms with Crippen molar-refractivity contribution in [3.05, 3.63) is 47.0 Å². The highest BCUT2D eigenvalue weighted by atomic mass is 32.1. The van der Waals surface area contributed by atoms with Crippen molar-refractivity contribution in [2.75, 3.05) is 12.3 Å². The molecule has 0 spiro atoms. The van der Waals surface area contributed by atoms with E-state index in [2.05, 4.69) is 34.6 Å². The van der Waals surface area contributed by atoms with Crippen LogP contribution in [0, 0.1) is 0 Å². The second-order valence-electron chi connectivity index (χ2n) is 5.60. The van der Waals surface area contributed by atoms with Crippen molar-refractivity contribution in [2.24, 2.45) is 0 Å². The van der Waals surface area contributed by atoms with Crippen LogP contribution in [0.15, 0.2) is 36.5 Å². The van der Waals surface area contributed by atoms with Gasteiger partial charge in [-0.25, -0.2) is 4.98 Å². The summed E-state index contributed by atoms with van der Waals surface area (Å²) in [6.07, 6.45) is 6.24. The minimum atomic E-state index is -0.0774. The molecular weight excluding hydrogens is 282 g/mol. The predicted molar refractivity (Wildman–Crippen MR) is 85.4 cm³/mol. The first kappa shape index (κ1) is 14.1. The monoisotopic (exact) mass is 301 g/mol. The van der Waals surface area contributed by atoms with Crippen molar-refractivity contribution in [3.8, 4) is 0 Å². The van der Waals surface area contributed by atoms with Crippen LogP contribution < -0.4 is 11.1 Å². The fourth-order valence-corrected chi connectivity index (χ4v) is 3.74. The molecule has 1 saturated carbocycles. The van der Waals surface area contributed by atoms with E-state index in [4.69, 9.17) is 5.73 Å². The van der Waals surface area contributed by atoms with Gasteiger partial charge in [0.2, 0.25) is 0 Å². The predicted octanol–water partition coefficient (Wildman–Crippen LogP) is 2.97. The number of hydrogen-bond acceptors (Lipinski definition) is 4. The van der Waals surface area contributed by atoms with Gasteiger partial charge in [-0.15, -0.1) is 0 Å². The highest BCUT2D eigenvalue weighted by Crippen LogP contribution is 2.40. The quantitative estimate of drug-likeness (QED) is 0.912. The van der Waals surface area contributed by atoms with Crippen molar-refractivity contribution in [1.82, 2.24) is 10.3 Å². The topological polar surface area (TPSA) is 68.0 Å². The minimum absolute atomic E-state index is 0.0765. The number of nitrogens with two attached hydrogens (primary N) is 1. The third-order valence-corrected chi connectivity index (χ3v) is 5.11. The van der Waals surface area contributed by atoms with Gasteiger partial charge in [0, 0.05) is 12.0 Å². The molecule has 0 saturated heterocycles. The number of nitrogen functional groups attached to an aromatic ring is 1. The highest BCUT2D eigenvalue weighted by Gasteiger charge is 2.35. The number of hydrogen-bond donors (Lipinski definition) is 2. The molecule has 1 aromatic heterocycles. The number of carbonyl (C=O) groups is 1. The van der Waals surface area contributed by atoms with Gasteiger partial charge in [-0.1, -0.05) is 54.5 Å². The molecule has 1 aromatic carbocycles. The molecule has 1 fully saturated rings. The molecule has 2 aromatic rings. The number of rotatable bonds is 4. The lowest BCUT2D eigenvalue weighted by molar-refractivity contribution is 0.0947. The molecule has 1 aliphatic rings. The molecule has 0 radical (unpaired) electrons. The van der Waals surface area contributed by atoms with E-state index >= 15 is 0 Å². The van der Waals surface area contributed by atoms with Crippen LogP contribution in [0.1, 0.15) is 40.9 Å². The van der Waals surface area contributed by atoms with Crippen LogP contribution in [0.4, 0.5) is 5.13 Å². The van der Waals surface area contributed by atoms with E-state index in [1.54, 1.807) is 6.20 Å². The van der Waals surface area contributed by atoms with Gasteiger partial charge in [0.25, 0.3) is 5.91 Å². The number of amides is 1. The van der Waals surface area contributed by atoms with E-state index in [0.717, 1.165) is 12.8 Å². The van der Waals surface area contributed by atoms with Gasteiger partial charge in [-0.3, -0.25) is 4.79 Å². The molecule has 3 N–H and O–H groups in total. The van der Waals surface area contributed by atoms with Gasteiger partial charge in [0.05, 0.1) is 6.20 Å². The second-order valence-corrected chi connectivity index (χ2v) is 6.66. The Balaban J connectivity index is 1.73. The summed E-state index contributed by atoms with van der Waals surface area (Å²) in [5.74, 6) is -0.0774. The van der Waals surface area contributed by atoms with Gasteiger partial charge in [0.1, 0.15) is 4.88 Å². The van der Waals surface area contributed by atoms with E-state index in [-0.39, 0.29) is 11.3 Å². The van der Waals surface area contributed by atoms with Gasteiger partial charge in [0.15, 0.2) is 5.13 Å². The van der Waals surface area contributed by atoms with E-state index in [9.17, 15) is 4.79 Å². The van der Waals surface area contributed by atoms with Crippen molar-refractivity contribution in [3.63, 3.8) is 0 Å². The Morgan fingerprint density at radius 1 is 1.29 bits per heavy atom. The standard InChI is InChI=1S/C16H19N3OS/c17-15-18-10-13(21-15)14(20)19-11-16(8-4-5-9-16)12-6-2-1-3-7-12/h1-3,6-7,10H,4-5,8-9,11H2,(H2,17,18)(H,19,20). The summed E-state index contributed by atoms with van der Waals surface area (Å²) in [7, 11) is 0. The lowest BCUT2D eigenvalue weighted by Crippen LogP contribution is -2.38. The molecule has 3 rings (SSSR count). The fraction of sp³-hybridized carbons (Fsp3) is 0.375. The average molecular weight is 301 g/mol. The molecule has 4 nitrogen and oxygen atoms in total. The van der Waals surface area contributed by atoms with Crippen LogP contribution in [0.2, 0.25) is 0 Å². The van der Waals surface area contributed by atoms with Crippen molar-refractivity contribution >= 4 is 22.4 Å². The second kappa shape index (κ2) is 5.85. The SMILES string of the molecule is Nc1ncc(C(=O)NCC2(c3ccccc3)CCCC2)s1. The Labute approximate surface area is 128 Å². The summed E-state index contributed by atoms with van der Waals surface area (Å²) < 4.78 is 0. The van der Waals surface area contributed by atoms with Crippen LogP contribution in [-0.4, -0.2) is 17.4 Å². The average Bonchev–Trinajstić information content (AvgIpc) is 3.16. The van der Waals surface area contributed by atoms with Crippen LogP contribution in [0.25, 0.3) is 0 Å². The first-order chi connectivity index (χ1) is 10.2. The molecule has 1 amide bonds. The summed E-state index contributed by atoms with van der Waals surface area (Å²) in [5, 5.41) is 3.50. The number of thiazole rings is 1. The molecule has 110 valence electrons. The van der Waals surface area contributed by atoms with Crippen LogP contribution in [0.3, 0.4) is 0 Å². The van der Waals surface area contributed by atoms with Crippen LogP contribution >= 0.6 is 11.3 Å². The van der Waals surface area contributed by atoms with Crippen LogP contribution in [-0.2, 0) is 5.41 Å². The molecule has 1 heterocycles. The Bertz CT molecular complexity index is 617. The summed E-state index contributed by atoms with van der Waals surface area (Å²) in [6.45, 7) is 0.674. The Morgan fingerprint density at radius 2 is 2.00 bits per heavy atom. The van der Waals surface area contributed by atoms with Gasteiger partial charge in [-0.2, -0.15) is 0 Å². The minimum Gasteiger partial charge on any atom is -0.375 e. The maximum Gasteiger partial charge on any atom is 0.263 e. The summed E-state index contributed by atoms with van der Waals surface area (Å²) in [5.41, 5.74) is 6.98. The molecule has 0 atom stereocenters. The first-order valence-corrected chi connectivity index (χ1v) is 8.06. The molecular formula is C16H19N3OS. The Morgan fingerprint density at radius 3 is 2.62 bits per heavy atom. The molecule has 0 aliphatic heterocycles. The summed E-state index contributed by atoms with van der Waals surface area (Å²) >= 11 is 1.23.